The van der Waals surface area contributed by atoms with E-state index in [4.69, 9.17) is 4.52 Å². The molecule has 2 rings (SSSR count). The number of rotatable bonds is 3. The number of carbonyl (C=O) groups excluding carboxylic acids is 1. The minimum absolute atomic E-state index is 0.228. The molecule has 5 nitrogen and oxygen atoms in total. The van der Waals surface area contributed by atoms with Crippen LogP contribution < -0.4 is 10.6 Å². The van der Waals surface area contributed by atoms with Gasteiger partial charge in [-0.15, -0.1) is 0 Å². The molecule has 2 N–H and O–H groups in total. The number of nitrogens with one attached hydrogen (secondary N) is 2. The lowest BCUT2D eigenvalue weighted by Crippen LogP contribution is -2.31. The smallest absolute Gasteiger partial charge is 0.360 e. The van der Waals surface area contributed by atoms with Crippen LogP contribution in [-0.2, 0) is 6.18 Å². The third kappa shape index (κ3) is 4.00. The van der Waals surface area contributed by atoms with E-state index in [1.165, 1.54) is 18.2 Å². The Morgan fingerprint density at radius 1 is 1.32 bits per heavy atom. The van der Waals surface area contributed by atoms with Crippen molar-refractivity contribution in [1.82, 2.24) is 10.5 Å². The van der Waals surface area contributed by atoms with E-state index in [9.17, 15) is 18.0 Å². The minimum atomic E-state index is -4.42. The summed E-state index contributed by atoms with van der Waals surface area (Å²) in [5, 5.41) is 8.55. The van der Waals surface area contributed by atoms with Gasteiger partial charge in [0.15, 0.2) is 5.82 Å². The Kier molecular flexibility index (Phi) is 4.39. The van der Waals surface area contributed by atoms with Gasteiger partial charge in [0.1, 0.15) is 5.76 Å². The Morgan fingerprint density at radius 3 is 2.64 bits per heavy atom. The highest BCUT2D eigenvalue weighted by molar-refractivity contribution is 5.88. The highest BCUT2D eigenvalue weighted by Crippen LogP contribution is 2.30. The molecule has 0 spiro atoms. The molecule has 0 radical (unpaired) electrons. The van der Waals surface area contributed by atoms with E-state index >= 15 is 0 Å². The molecule has 1 heterocycles. The summed E-state index contributed by atoms with van der Waals surface area (Å²) in [6.45, 7) is 3.25. The molecular formula is C14H14F3N3O2. The van der Waals surface area contributed by atoms with Crippen molar-refractivity contribution in [1.29, 1.82) is 0 Å². The molecule has 0 bridgehead atoms. The van der Waals surface area contributed by atoms with Crippen LogP contribution in [-0.4, -0.2) is 11.2 Å². The second kappa shape index (κ2) is 6.08. The maximum Gasteiger partial charge on any atom is 0.416 e. The number of alkyl halides is 3. The predicted octanol–water partition coefficient (Wildman–Crippen LogP) is 3.88. The van der Waals surface area contributed by atoms with E-state index in [0.717, 1.165) is 12.1 Å². The van der Waals surface area contributed by atoms with Gasteiger partial charge in [-0.2, -0.15) is 13.2 Å². The van der Waals surface area contributed by atoms with Crippen LogP contribution in [0.5, 0.6) is 0 Å². The Hall–Kier alpha value is -2.51. The Balaban J connectivity index is 2.02. The zero-order valence-electron chi connectivity index (χ0n) is 11.9. The first-order chi connectivity index (χ1) is 10.3. The number of urea groups is 1. The standard InChI is InChI=1S/C14H14F3N3O2/c1-8-6-12(20-22-8)19-13(21)18-9(2)10-4-3-5-11(7-10)14(15,16)17/h3-7,9H,1-2H3,(H2,18,19,20,21)/t9-/m0/s1. The molecule has 1 atom stereocenters. The van der Waals surface area contributed by atoms with Crippen molar-refractivity contribution in [2.75, 3.05) is 5.32 Å². The number of aryl methyl sites for hydroxylation is 1. The van der Waals surface area contributed by atoms with Crippen LogP contribution in [0.1, 0.15) is 29.9 Å². The summed E-state index contributed by atoms with van der Waals surface area (Å²) >= 11 is 0. The summed E-state index contributed by atoms with van der Waals surface area (Å²) < 4.78 is 42.8. The molecule has 8 heteroatoms. The summed E-state index contributed by atoms with van der Waals surface area (Å²) in [6, 6.07) is 5.14. The van der Waals surface area contributed by atoms with Crippen molar-refractivity contribution >= 4 is 11.8 Å². The van der Waals surface area contributed by atoms with E-state index in [1.807, 2.05) is 0 Å². The van der Waals surface area contributed by atoms with Crippen molar-refractivity contribution in [2.45, 2.75) is 26.1 Å². The van der Waals surface area contributed by atoms with Gasteiger partial charge in [-0.3, -0.25) is 5.32 Å². The minimum Gasteiger partial charge on any atom is -0.360 e. The van der Waals surface area contributed by atoms with Gasteiger partial charge in [0.25, 0.3) is 0 Å². The fraction of sp³-hybridized carbons (Fsp3) is 0.286. The molecule has 0 aliphatic rings. The lowest BCUT2D eigenvalue weighted by Gasteiger charge is -2.16. The van der Waals surface area contributed by atoms with E-state index < -0.39 is 23.8 Å². The number of carbonyl (C=O) groups is 1. The maximum atomic E-state index is 12.7. The molecule has 1 aromatic carbocycles. The van der Waals surface area contributed by atoms with E-state index in [-0.39, 0.29) is 5.82 Å². The van der Waals surface area contributed by atoms with E-state index in [1.54, 1.807) is 13.8 Å². The van der Waals surface area contributed by atoms with Crippen LogP contribution in [0.4, 0.5) is 23.8 Å². The van der Waals surface area contributed by atoms with Gasteiger partial charge in [-0.05, 0) is 31.5 Å². The number of hydrogen-bond acceptors (Lipinski definition) is 3. The summed E-state index contributed by atoms with van der Waals surface area (Å²) in [7, 11) is 0. The second-order valence-corrected chi connectivity index (χ2v) is 4.77. The molecule has 0 unspecified atom stereocenters. The molecule has 0 saturated heterocycles. The molecule has 0 fully saturated rings. The molecular weight excluding hydrogens is 299 g/mol. The number of aromatic nitrogens is 1. The third-order valence-corrected chi connectivity index (χ3v) is 2.93. The van der Waals surface area contributed by atoms with Gasteiger partial charge >= 0.3 is 12.2 Å². The molecule has 1 aromatic heterocycles. The monoisotopic (exact) mass is 313 g/mol. The van der Waals surface area contributed by atoms with Crippen LogP contribution >= 0.6 is 0 Å². The normalized spacial score (nSPS) is 12.8. The molecule has 0 aliphatic carbocycles. The number of anilines is 1. The number of benzene rings is 1. The number of halogens is 3. The lowest BCUT2D eigenvalue weighted by molar-refractivity contribution is -0.137. The summed E-state index contributed by atoms with van der Waals surface area (Å²) in [6.07, 6.45) is -4.42. The molecule has 118 valence electrons. The highest BCUT2D eigenvalue weighted by atomic mass is 19.4. The van der Waals surface area contributed by atoms with Crippen LogP contribution in [0.15, 0.2) is 34.9 Å². The Bertz CT molecular complexity index is 667. The van der Waals surface area contributed by atoms with Crippen molar-refractivity contribution < 1.29 is 22.5 Å². The Morgan fingerprint density at radius 2 is 2.05 bits per heavy atom. The van der Waals surface area contributed by atoms with E-state index in [2.05, 4.69) is 15.8 Å². The SMILES string of the molecule is Cc1cc(NC(=O)N[C@@H](C)c2cccc(C(F)(F)F)c2)no1. The van der Waals surface area contributed by atoms with Gasteiger partial charge in [-0.1, -0.05) is 17.3 Å². The molecule has 0 aliphatic heterocycles. The fourth-order valence-electron chi connectivity index (χ4n) is 1.84. The van der Waals surface area contributed by atoms with E-state index in [0.29, 0.717) is 11.3 Å². The average Bonchev–Trinajstić information content (AvgIpc) is 2.83. The molecule has 2 amide bonds. The first-order valence-corrected chi connectivity index (χ1v) is 6.43. The van der Waals surface area contributed by atoms with Gasteiger partial charge < -0.3 is 9.84 Å². The number of hydrogen-bond donors (Lipinski definition) is 2. The summed E-state index contributed by atoms with van der Waals surface area (Å²) in [5.74, 6) is 0.757. The maximum absolute atomic E-state index is 12.7. The van der Waals surface area contributed by atoms with Crippen molar-refractivity contribution in [2.24, 2.45) is 0 Å². The summed E-state index contributed by atoms with van der Waals surface area (Å²) in [5.41, 5.74) is -0.410. The predicted molar refractivity (Wildman–Crippen MR) is 73.3 cm³/mol. The largest absolute Gasteiger partial charge is 0.416 e. The zero-order valence-corrected chi connectivity index (χ0v) is 11.9. The molecule has 0 saturated carbocycles. The fourth-order valence-corrected chi connectivity index (χ4v) is 1.84. The zero-order chi connectivity index (χ0) is 16.3. The van der Waals surface area contributed by atoms with Gasteiger partial charge in [0.05, 0.1) is 11.6 Å². The number of nitrogens with zero attached hydrogens (tertiary/aromatic N) is 1. The lowest BCUT2D eigenvalue weighted by atomic mass is 10.1. The van der Waals surface area contributed by atoms with Crippen LogP contribution in [0, 0.1) is 6.92 Å². The quantitative estimate of drug-likeness (QED) is 0.903. The van der Waals surface area contributed by atoms with Crippen molar-refractivity contribution in [3.8, 4) is 0 Å². The van der Waals surface area contributed by atoms with Crippen LogP contribution in [0.3, 0.4) is 0 Å². The van der Waals surface area contributed by atoms with Crippen molar-refractivity contribution in [3.05, 3.63) is 47.2 Å². The number of amides is 2. The summed E-state index contributed by atoms with van der Waals surface area (Å²) in [4.78, 5) is 11.8. The molecule has 2 aromatic rings. The van der Waals surface area contributed by atoms with Gasteiger partial charge in [-0.25, -0.2) is 4.79 Å². The first kappa shape index (κ1) is 15.9. The van der Waals surface area contributed by atoms with Crippen LogP contribution in [0.25, 0.3) is 0 Å². The van der Waals surface area contributed by atoms with Gasteiger partial charge in [0, 0.05) is 6.07 Å². The van der Waals surface area contributed by atoms with Crippen molar-refractivity contribution in [3.63, 3.8) is 0 Å². The van der Waals surface area contributed by atoms with Gasteiger partial charge in [0.2, 0.25) is 0 Å². The average molecular weight is 313 g/mol. The first-order valence-electron chi connectivity index (χ1n) is 6.43. The van der Waals surface area contributed by atoms with Crippen LogP contribution in [0.2, 0.25) is 0 Å². The Labute approximate surface area is 124 Å². The second-order valence-electron chi connectivity index (χ2n) is 4.77. The third-order valence-electron chi connectivity index (χ3n) is 2.93. The topological polar surface area (TPSA) is 67.2 Å². The molecule has 22 heavy (non-hydrogen) atoms. The highest BCUT2D eigenvalue weighted by Gasteiger charge is 2.30.